The molecule has 1 rings (SSSR count). The average molecular weight is 244 g/mol. The number of ether oxygens (including phenoxy) is 1. The minimum atomic E-state index is -1.08. The minimum Gasteiger partial charge on any atom is -0.480 e. The maximum Gasteiger partial charge on any atom is 0.328 e. The van der Waals surface area contributed by atoms with Crippen LogP contribution in [0.2, 0.25) is 0 Å². The molecule has 1 fully saturated rings. The SMILES string of the molecule is COCC(NC(=O)C1CCCC1CN)C(=O)O. The number of nitrogens with two attached hydrogens (primary N) is 1. The summed E-state index contributed by atoms with van der Waals surface area (Å²) in [4.78, 5) is 22.8. The van der Waals surface area contributed by atoms with Crippen molar-refractivity contribution < 1.29 is 19.4 Å². The van der Waals surface area contributed by atoms with Gasteiger partial charge in [0.05, 0.1) is 6.61 Å². The number of hydrogen-bond donors (Lipinski definition) is 3. The van der Waals surface area contributed by atoms with E-state index in [9.17, 15) is 9.59 Å². The third-order valence-electron chi connectivity index (χ3n) is 3.25. The second kappa shape index (κ2) is 6.56. The van der Waals surface area contributed by atoms with Gasteiger partial charge in [-0.25, -0.2) is 4.79 Å². The first kappa shape index (κ1) is 13.9. The van der Waals surface area contributed by atoms with Crippen LogP contribution in [-0.2, 0) is 14.3 Å². The van der Waals surface area contributed by atoms with Crippen molar-refractivity contribution in [3.05, 3.63) is 0 Å². The standard InChI is InChI=1S/C11H20N2O4/c1-17-6-9(11(15)16)13-10(14)8-4-2-3-7(8)5-12/h7-9H,2-6,12H2,1H3,(H,13,14)(H,15,16). The maximum atomic E-state index is 11.9. The Kier molecular flexibility index (Phi) is 5.37. The van der Waals surface area contributed by atoms with Gasteiger partial charge in [-0.15, -0.1) is 0 Å². The molecular weight excluding hydrogens is 224 g/mol. The van der Waals surface area contributed by atoms with Crippen LogP contribution in [0.3, 0.4) is 0 Å². The summed E-state index contributed by atoms with van der Waals surface area (Å²) in [6.45, 7) is 0.446. The molecule has 0 aliphatic heterocycles. The van der Waals surface area contributed by atoms with E-state index in [0.717, 1.165) is 19.3 Å². The summed E-state index contributed by atoms with van der Waals surface area (Å²) in [6.07, 6.45) is 2.70. The van der Waals surface area contributed by atoms with Crippen LogP contribution >= 0.6 is 0 Å². The number of methoxy groups -OCH3 is 1. The number of carboxylic acids is 1. The van der Waals surface area contributed by atoms with E-state index in [-0.39, 0.29) is 24.3 Å². The van der Waals surface area contributed by atoms with E-state index >= 15 is 0 Å². The monoisotopic (exact) mass is 244 g/mol. The Hall–Kier alpha value is -1.14. The first-order chi connectivity index (χ1) is 8.10. The summed E-state index contributed by atoms with van der Waals surface area (Å²) in [7, 11) is 1.40. The van der Waals surface area contributed by atoms with Crippen molar-refractivity contribution >= 4 is 11.9 Å². The summed E-state index contributed by atoms with van der Waals surface area (Å²) in [6, 6.07) is -0.980. The summed E-state index contributed by atoms with van der Waals surface area (Å²) >= 11 is 0. The van der Waals surface area contributed by atoms with E-state index in [1.165, 1.54) is 7.11 Å². The van der Waals surface area contributed by atoms with Gasteiger partial charge in [0.15, 0.2) is 6.04 Å². The number of amides is 1. The largest absolute Gasteiger partial charge is 0.480 e. The van der Waals surface area contributed by atoms with Gasteiger partial charge >= 0.3 is 5.97 Å². The molecule has 0 aromatic rings. The summed E-state index contributed by atoms with van der Waals surface area (Å²) in [5.41, 5.74) is 5.59. The Labute approximate surface area is 101 Å². The lowest BCUT2D eigenvalue weighted by molar-refractivity contribution is -0.144. The lowest BCUT2D eigenvalue weighted by Gasteiger charge is -2.20. The molecule has 6 nitrogen and oxygen atoms in total. The van der Waals surface area contributed by atoms with Crippen molar-refractivity contribution in [2.45, 2.75) is 25.3 Å². The fourth-order valence-corrected chi connectivity index (χ4v) is 2.28. The van der Waals surface area contributed by atoms with Crippen molar-refractivity contribution in [3.63, 3.8) is 0 Å². The van der Waals surface area contributed by atoms with Crippen LogP contribution in [0.25, 0.3) is 0 Å². The maximum absolute atomic E-state index is 11.9. The van der Waals surface area contributed by atoms with Gasteiger partial charge in [0, 0.05) is 13.0 Å². The minimum absolute atomic E-state index is 0.0267. The smallest absolute Gasteiger partial charge is 0.328 e. The number of carbonyl (C=O) groups excluding carboxylic acids is 1. The van der Waals surface area contributed by atoms with E-state index in [4.69, 9.17) is 15.6 Å². The highest BCUT2D eigenvalue weighted by Crippen LogP contribution is 2.30. The van der Waals surface area contributed by atoms with Crippen molar-refractivity contribution in [2.24, 2.45) is 17.6 Å². The molecule has 0 aromatic heterocycles. The Morgan fingerprint density at radius 2 is 2.24 bits per heavy atom. The van der Waals surface area contributed by atoms with Crippen molar-refractivity contribution in [1.29, 1.82) is 0 Å². The normalized spacial score (nSPS) is 25.5. The van der Waals surface area contributed by atoms with E-state index in [1.807, 2.05) is 0 Å². The van der Waals surface area contributed by atoms with E-state index in [2.05, 4.69) is 5.32 Å². The van der Waals surface area contributed by atoms with Gasteiger partial charge < -0.3 is 20.9 Å². The molecule has 0 bridgehead atoms. The molecule has 1 aliphatic carbocycles. The highest BCUT2D eigenvalue weighted by Gasteiger charge is 2.33. The fourth-order valence-electron chi connectivity index (χ4n) is 2.28. The summed E-state index contributed by atoms with van der Waals surface area (Å²) < 4.78 is 4.76. The Balaban J connectivity index is 2.54. The van der Waals surface area contributed by atoms with Crippen LogP contribution in [0.15, 0.2) is 0 Å². The predicted octanol–water partition coefficient (Wildman–Crippen LogP) is -0.423. The zero-order valence-corrected chi connectivity index (χ0v) is 10.0. The lowest BCUT2D eigenvalue weighted by atomic mass is 9.95. The molecule has 3 atom stereocenters. The molecule has 0 heterocycles. The molecule has 17 heavy (non-hydrogen) atoms. The number of carboxylic acid groups (broad SMARTS) is 1. The van der Waals surface area contributed by atoms with E-state index in [1.54, 1.807) is 0 Å². The number of aliphatic carboxylic acids is 1. The summed E-state index contributed by atoms with van der Waals surface area (Å²) in [5.74, 6) is -1.28. The Morgan fingerprint density at radius 1 is 1.53 bits per heavy atom. The third-order valence-corrected chi connectivity index (χ3v) is 3.25. The number of carbonyl (C=O) groups is 2. The fraction of sp³-hybridized carbons (Fsp3) is 0.818. The molecule has 1 saturated carbocycles. The first-order valence-electron chi connectivity index (χ1n) is 5.82. The van der Waals surface area contributed by atoms with Crippen LogP contribution in [-0.4, -0.2) is 43.3 Å². The highest BCUT2D eigenvalue weighted by molar-refractivity contribution is 5.85. The highest BCUT2D eigenvalue weighted by atomic mass is 16.5. The molecule has 3 unspecified atom stereocenters. The third kappa shape index (κ3) is 3.67. The topological polar surface area (TPSA) is 102 Å². The van der Waals surface area contributed by atoms with Crippen LogP contribution in [0.5, 0.6) is 0 Å². The molecule has 0 spiro atoms. The van der Waals surface area contributed by atoms with Crippen LogP contribution < -0.4 is 11.1 Å². The zero-order valence-electron chi connectivity index (χ0n) is 10.0. The number of nitrogens with one attached hydrogen (secondary N) is 1. The molecule has 4 N–H and O–H groups in total. The second-order valence-corrected chi connectivity index (χ2v) is 4.39. The van der Waals surface area contributed by atoms with Gasteiger partial charge in [-0.2, -0.15) is 0 Å². The molecule has 98 valence electrons. The van der Waals surface area contributed by atoms with Crippen molar-refractivity contribution in [1.82, 2.24) is 5.32 Å². The van der Waals surface area contributed by atoms with Crippen LogP contribution in [0.1, 0.15) is 19.3 Å². The molecular formula is C11H20N2O4. The van der Waals surface area contributed by atoms with Gasteiger partial charge in [0.2, 0.25) is 5.91 Å². The van der Waals surface area contributed by atoms with Gasteiger partial charge in [-0.1, -0.05) is 6.42 Å². The molecule has 1 aliphatic rings. The molecule has 1 amide bonds. The molecule has 6 heteroatoms. The predicted molar refractivity (Wildman–Crippen MR) is 61.3 cm³/mol. The van der Waals surface area contributed by atoms with Gasteiger partial charge in [-0.3, -0.25) is 4.79 Å². The van der Waals surface area contributed by atoms with Crippen LogP contribution in [0.4, 0.5) is 0 Å². The first-order valence-corrected chi connectivity index (χ1v) is 5.82. The van der Waals surface area contributed by atoms with E-state index in [0.29, 0.717) is 6.54 Å². The van der Waals surface area contributed by atoms with Gasteiger partial charge in [-0.05, 0) is 25.3 Å². The Bertz CT molecular complexity index is 283. The summed E-state index contributed by atoms with van der Waals surface area (Å²) in [5, 5.41) is 11.4. The number of hydrogen-bond acceptors (Lipinski definition) is 4. The lowest BCUT2D eigenvalue weighted by Crippen LogP contribution is -2.47. The molecule has 0 aromatic carbocycles. The van der Waals surface area contributed by atoms with E-state index < -0.39 is 12.0 Å². The average Bonchev–Trinajstić information content (AvgIpc) is 2.76. The van der Waals surface area contributed by atoms with Crippen molar-refractivity contribution in [2.75, 3.05) is 20.3 Å². The zero-order chi connectivity index (χ0) is 12.8. The van der Waals surface area contributed by atoms with Gasteiger partial charge in [0.25, 0.3) is 0 Å². The molecule has 0 saturated heterocycles. The quantitative estimate of drug-likeness (QED) is 0.589. The van der Waals surface area contributed by atoms with Crippen LogP contribution in [0, 0.1) is 11.8 Å². The molecule has 0 radical (unpaired) electrons. The number of rotatable bonds is 6. The second-order valence-electron chi connectivity index (χ2n) is 4.39. The van der Waals surface area contributed by atoms with Crippen molar-refractivity contribution in [3.8, 4) is 0 Å². The van der Waals surface area contributed by atoms with Gasteiger partial charge in [0.1, 0.15) is 0 Å². The Morgan fingerprint density at radius 3 is 2.76 bits per heavy atom.